The fourth-order valence-electron chi connectivity index (χ4n) is 3.37. The highest BCUT2D eigenvalue weighted by molar-refractivity contribution is 6.32. The third-order valence-corrected chi connectivity index (χ3v) is 5.15. The fourth-order valence-corrected chi connectivity index (χ4v) is 3.59. The third kappa shape index (κ3) is 5.42. The number of nitrogens with zero attached hydrogens (tertiary/aromatic N) is 1. The highest BCUT2D eigenvalue weighted by Crippen LogP contribution is 2.37. The van der Waals surface area contributed by atoms with Crippen molar-refractivity contribution in [1.29, 1.82) is 0 Å². The van der Waals surface area contributed by atoms with Gasteiger partial charge in [0.25, 0.3) is 17.7 Å². The molecule has 3 amide bonds. The first-order valence-electron chi connectivity index (χ1n) is 10.3. The molecule has 1 aliphatic rings. The molecule has 0 atom stereocenters. The number of ether oxygens (including phenoxy) is 2. The van der Waals surface area contributed by atoms with Gasteiger partial charge in [-0.3, -0.25) is 19.8 Å². The topological polar surface area (TPSA) is 97.0 Å². The number of amides is 3. The van der Waals surface area contributed by atoms with Crippen LogP contribution in [0.15, 0.2) is 72.3 Å². The molecule has 178 valence electrons. The summed E-state index contributed by atoms with van der Waals surface area (Å²) in [5, 5.41) is 3.91. The first-order chi connectivity index (χ1) is 16.9. The van der Waals surface area contributed by atoms with Gasteiger partial charge in [0.2, 0.25) is 0 Å². The highest BCUT2D eigenvalue weighted by Gasteiger charge is 2.34. The van der Waals surface area contributed by atoms with E-state index in [0.717, 1.165) is 5.01 Å². The molecule has 3 aromatic rings. The van der Waals surface area contributed by atoms with Gasteiger partial charge in [0.1, 0.15) is 11.4 Å². The van der Waals surface area contributed by atoms with Gasteiger partial charge in [-0.2, -0.15) is 0 Å². The van der Waals surface area contributed by atoms with E-state index < -0.39 is 30.1 Å². The smallest absolute Gasteiger partial charge is 0.282 e. The second-order valence-electron chi connectivity index (χ2n) is 7.35. The molecule has 1 aliphatic heterocycles. The Hall–Kier alpha value is -4.37. The molecule has 1 heterocycles. The number of carbonyl (C=O) groups excluding carboxylic acids is 3. The van der Waals surface area contributed by atoms with E-state index in [4.69, 9.17) is 21.1 Å². The van der Waals surface area contributed by atoms with Crippen LogP contribution in [-0.2, 0) is 14.4 Å². The molecule has 1 fully saturated rings. The number of halogens is 2. The van der Waals surface area contributed by atoms with Crippen molar-refractivity contribution in [3.8, 4) is 11.5 Å². The number of hydrogen-bond donors (Lipinski definition) is 2. The van der Waals surface area contributed by atoms with Crippen molar-refractivity contribution in [2.75, 3.05) is 24.0 Å². The molecule has 4 rings (SSSR count). The van der Waals surface area contributed by atoms with Crippen LogP contribution in [-0.4, -0.2) is 31.4 Å². The zero-order chi connectivity index (χ0) is 24.9. The summed E-state index contributed by atoms with van der Waals surface area (Å²) in [6.07, 6.45) is 1.31. The van der Waals surface area contributed by atoms with Gasteiger partial charge in [-0.1, -0.05) is 35.9 Å². The Balaban J connectivity index is 1.60. The minimum absolute atomic E-state index is 0.0950. The molecule has 0 saturated carbocycles. The molecule has 0 radical (unpaired) electrons. The minimum atomic E-state index is -0.618. The summed E-state index contributed by atoms with van der Waals surface area (Å²) in [5.41, 5.74) is 3.35. The molecule has 8 nitrogen and oxygen atoms in total. The summed E-state index contributed by atoms with van der Waals surface area (Å²) < 4.78 is 24.4. The summed E-state index contributed by atoms with van der Waals surface area (Å²) in [6, 6.07) is 17.0. The Morgan fingerprint density at radius 1 is 1.11 bits per heavy atom. The van der Waals surface area contributed by atoms with Crippen LogP contribution < -0.4 is 25.2 Å². The van der Waals surface area contributed by atoms with Gasteiger partial charge < -0.3 is 14.8 Å². The van der Waals surface area contributed by atoms with Crippen LogP contribution in [0.1, 0.15) is 5.56 Å². The number of nitrogens with one attached hydrogen (secondary N) is 2. The Morgan fingerprint density at radius 3 is 2.60 bits per heavy atom. The lowest BCUT2D eigenvalue weighted by Crippen LogP contribution is -2.35. The summed E-state index contributed by atoms with van der Waals surface area (Å²) in [6.45, 7) is -0.457. The molecule has 0 aliphatic carbocycles. The van der Waals surface area contributed by atoms with Gasteiger partial charge in [-0.25, -0.2) is 9.40 Å². The summed E-state index contributed by atoms with van der Waals surface area (Å²) in [4.78, 5) is 37.9. The number of carbonyl (C=O) groups is 3. The normalized spacial score (nSPS) is 14.1. The van der Waals surface area contributed by atoms with Gasteiger partial charge in [-0.15, -0.1) is 0 Å². The van der Waals surface area contributed by atoms with Crippen LogP contribution in [0.3, 0.4) is 0 Å². The van der Waals surface area contributed by atoms with E-state index in [9.17, 15) is 18.8 Å². The zero-order valence-corrected chi connectivity index (χ0v) is 19.1. The Morgan fingerprint density at radius 2 is 1.89 bits per heavy atom. The fraction of sp³-hybridized carbons (Fsp3) is 0.0800. The number of rotatable bonds is 7. The average molecular weight is 496 g/mol. The van der Waals surface area contributed by atoms with Gasteiger partial charge in [0, 0.05) is 22.3 Å². The summed E-state index contributed by atoms with van der Waals surface area (Å²) >= 11 is 6.19. The van der Waals surface area contributed by atoms with Gasteiger partial charge in [0.05, 0.1) is 12.8 Å². The third-order valence-electron chi connectivity index (χ3n) is 4.93. The summed E-state index contributed by atoms with van der Waals surface area (Å²) in [7, 11) is 1.38. The van der Waals surface area contributed by atoms with Gasteiger partial charge in [0.15, 0.2) is 18.1 Å². The first kappa shape index (κ1) is 23.8. The molecular formula is C25H19ClFN3O5. The molecule has 3 aromatic carbocycles. The maximum atomic E-state index is 13.4. The zero-order valence-electron chi connectivity index (χ0n) is 18.4. The molecule has 0 spiro atoms. The Kier molecular flexibility index (Phi) is 6.98. The molecule has 35 heavy (non-hydrogen) atoms. The van der Waals surface area contributed by atoms with Gasteiger partial charge in [-0.05, 0) is 42.5 Å². The molecule has 0 bridgehead atoms. The van der Waals surface area contributed by atoms with Crippen molar-refractivity contribution in [3.05, 3.63) is 88.7 Å². The lowest BCUT2D eigenvalue weighted by molar-refractivity contribution is -0.118. The van der Waals surface area contributed by atoms with E-state index in [2.05, 4.69) is 10.7 Å². The second-order valence-corrected chi connectivity index (χ2v) is 7.79. The van der Waals surface area contributed by atoms with Crippen LogP contribution in [0.4, 0.5) is 15.8 Å². The van der Waals surface area contributed by atoms with E-state index >= 15 is 0 Å². The van der Waals surface area contributed by atoms with Crippen molar-refractivity contribution in [2.45, 2.75) is 0 Å². The Labute approximate surface area is 204 Å². The predicted octanol–water partition coefficient (Wildman–Crippen LogP) is 3.97. The molecule has 1 saturated heterocycles. The molecular weight excluding hydrogens is 477 g/mol. The van der Waals surface area contributed by atoms with Crippen molar-refractivity contribution >= 4 is 46.8 Å². The number of para-hydroxylation sites is 1. The standard InChI is InChI=1S/C25H19ClFN3O5/c1-34-21-12-16(26)10-15(23(21)35-14-22(31)28-18-7-5-6-17(27)13-18)11-20-24(32)29-30(25(20)33)19-8-3-2-4-9-19/h2-13H,14H2,1H3,(H,28,31)(H,29,32). The molecule has 2 N–H and O–H groups in total. The van der Waals surface area contributed by atoms with Crippen LogP contribution in [0.5, 0.6) is 11.5 Å². The molecule has 0 aromatic heterocycles. The van der Waals surface area contributed by atoms with E-state index in [1.165, 1.54) is 49.6 Å². The second kappa shape index (κ2) is 10.3. The lowest BCUT2D eigenvalue weighted by Gasteiger charge is -2.15. The van der Waals surface area contributed by atoms with Crippen LogP contribution in [0, 0.1) is 5.82 Å². The average Bonchev–Trinajstić information content (AvgIpc) is 3.12. The number of anilines is 2. The van der Waals surface area contributed by atoms with E-state index in [1.54, 1.807) is 30.3 Å². The van der Waals surface area contributed by atoms with Crippen LogP contribution in [0.2, 0.25) is 5.02 Å². The maximum absolute atomic E-state index is 13.4. The number of methoxy groups -OCH3 is 1. The molecule has 0 unspecified atom stereocenters. The Bertz CT molecular complexity index is 1330. The van der Waals surface area contributed by atoms with Crippen molar-refractivity contribution < 1.29 is 28.2 Å². The van der Waals surface area contributed by atoms with Crippen LogP contribution >= 0.6 is 11.6 Å². The number of hydrazine groups is 1. The highest BCUT2D eigenvalue weighted by atomic mass is 35.5. The van der Waals surface area contributed by atoms with Crippen LogP contribution in [0.25, 0.3) is 6.08 Å². The van der Waals surface area contributed by atoms with Crippen molar-refractivity contribution in [1.82, 2.24) is 5.43 Å². The quantitative estimate of drug-likeness (QED) is 0.382. The largest absolute Gasteiger partial charge is 0.493 e. The van der Waals surface area contributed by atoms with Gasteiger partial charge >= 0.3 is 0 Å². The minimum Gasteiger partial charge on any atom is -0.493 e. The van der Waals surface area contributed by atoms with E-state index in [0.29, 0.717) is 5.69 Å². The maximum Gasteiger partial charge on any atom is 0.282 e. The number of benzene rings is 3. The van der Waals surface area contributed by atoms with E-state index in [1.807, 2.05) is 0 Å². The predicted molar refractivity (Wildman–Crippen MR) is 129 cm³/mol. The first-order valence-corrected chi connectivity index (χ1v) is 10.7. The van der Waals surface area contributed by atoms with E-state index in [-0.39, 0.29) is 33.3 Å². The van der Waals surface area contributed by atoms with Crippen molar-refractivity contribution in [3.63, 3.8) is 0 Å². The number of hydrogen-bond acceptors (Lipinski definition) is 5. The summed E-state index contributed by atoms with van der Waals surface area (Å²) in [5.74, 6) is -1.97. The SMILES string of the molecule is COc1cc(Cl)cc(C=C2C(=O)NN(c3ccccc3)C2=O)c1OCC(=O)Nc1cccc(F)c1. The monoisotopic (exact) mass is 495 g/mol. The van der Waals surface area contributed by atoms with Crippen molar-refractivity contribution in [2.24, 2.45) is 0 Å². The molecule has 10 heteroatoms. The lowest BCUT2D eigenvalue weighted by atomic mass is 10.1.